The van der Waals surface area contributed by atoms with Crippen LogP contribution in [0.5, 0.6) is 0 Å². The Balaban J connectivity index is 1.23. The summed E-state index contributed by atoms with van der Waals surface area (Å²) in [5.41, 5.74) is 1.64. The lowest BCUT2D eigenvalue weighted by Gasteiger charge is -2.25. The first-order valence-electron chi connectivity index (χ1n) is 15.8. The van der Waals surface area contributed by atoms with Crippen LogP contribution < -0.4 is 0 Å². The molecule has 1 aliphatic carbocycles. The van der Waals surface area contributed by atoms with Crippen molar-refractivity contribution in [2.75, 3.05) is 0 Å². The second kappa shape index (κ2) is 12.0. The van der Waals surface area contributed by atoms with E-state index in [-0.39, 0.29) is 26.3 Å². The molecule has 5 heterocycles. The molecular formula is C40H25F6N3S2. The van der Waals surface area contributed by atoms with Gasteiger partial charge in [0.05, 0.1) is 22.8 Å². The molecule has 0 amide bonds. The van der Waals surface area contributed by atoms with Crippen LogP contribution in [0.25, 0.3) is 65.6 Å². The number of alkyl halides is 6. The molecule has 11 heteroatoms. The number of aromatic nitrogens is 3. The van der Waals surface area contributed by atoms with Crippen molar-refractivity contribution in [1.82, 2.24) is 15.0 Å². The number of halogens is 6. The van der Waals surface area contributed by atoms with Gasteiger partial charge in [-0.15, -0.1) is 22.7 Å². The summed E-state index contributed by atoms with van der Waals surface area (Å²) in [5.74, 6) is -15.9. The van der Waals surface area contributed by atoms with Crippen molar-refractivity contribution in [3.05, 3.63) is 136 Å². The number of thiophene rings is 2. The molecule has 0 N–H and O–H groups in total. The van der Waals surface area contributed by atoms with Crippen LogP contribution in [-0.4, -0.2) is 32.7 Å². The summed E-state index contributed by atoms with van der Waals surface area (Å²) in [5, 5.41) is 0.234. The predicted octanol–water partition coefficient (Wildman–Crippen LogP) is 12.3. The van der Waals surface area contributed by atoms with Gasteiger partial charge < -0.3 is 0 Å². The summed E-state index contributed by atoms with van der Waals surface area (Å²) < 4.78 is 94.0. The highest BCUT2D eigenvalue weighted by Gasteiger charge is 2.80. The van der Waals surface area contributed by atoms with Crippen LogP contribution in [-0.2, 0) is 0 Å². The lowest BCUT2D eigenvalue weighted by molar-refractivity contribution is -0.254. The maximum absolute atomic E-state index is 15.8. The highest BCUT2D eigenvalue weighted by molar-refractivity contribution is 7.19. The summed E-state index contributed by atoms with van der Waals surface area (Å²) in [6, 6.07) is 29.9. The average Bonchev–Trinajstić information content (AvgIpc) is 3.71. The van der Waals surface area contributed by atoms with E-state index in [0.717, 1.165) is 33.8 Å². The lowest BCUT2D eigenvalue weighted by atomic mass is 9.93. The van der Waals surface area contributed by atoms with Crippen molar-refractivity contribution in [2.24, 2.45) is 0 Å². The van der Waals surface area contributed by atoms with Gasteiger partial charge in [-0.3, -0.25) is 9.97 Å². The van der Waals surface area contributed by atoms with Crippen molar-refractivity contribution in [1.29, 1.82) is 0 Å². The monoisotopic (exact) mass is 725 g/mol. The highest BCUT2D eigenvalue weighted by Crippen LogP contribution is 2.66. The Morgan fingerprint density at radius 1 is 0.529 bits per heavy atom. The number of pyridine rings is 3. The normalized spacial score (nSPS) is 16.2. The largest absolute Gasteiger partial charge is 0.380 e. The van der Waals surface area contributed by atoms with Crippen molar-refractivity contribution in [3.8, 4) is 44.3 Å². The van der Waals surface area contributed by atoms with E-state index in [2.05, 4.69) is 9.97 Å². The van der Waals surface area contributed by atoms with Crippen LogP contribution in [0.4, 0.5) is 26.3 Å². The highest BCUT2D eigenvalue weighted by atomic mass is 32.1. The van der Waals surface area contributed by atoms with Gasteiger partial charge >= 0.3 is 17.8 Å². The Morgan fingerprint density at radius 2 is 1.10 bits per heavy atom. The zero-order chi connectivity index (χ0) is 35.7. The molecular weight excluding hydrogens is 701 g/mol. The molecule has 0 fully saturated rings. The second-order valence-corrected chi connectivity index (χ2v) is 14.7. The fourth-order valence-corrected chi connectivity index (χ4v) is 8.68. The average molecular weight is 726 g/mol. The smallest absolute Gasteiger partial charge is 0.255 e. The number of rotatable bonds is 6. The Hall–Kier alpha value is -5.13. The van der Waals surface area contributed by atoms with Gasteiger partial charge in [-0.25, -0.2) is 4.98 Å². The molecule has 0 bridgehead atoms. The van der Waals surface area contributed by atoms with Crippen molar-refractivity contribution in [2.45, 2.75) is 31.6 Å². The number of aryl methyl sites for hydroxylation is 2. The SMILES string of the molecule is Cc1sc(-c2ccc(-c3cc(-c4ccccn4)nc(-c4ccccn4)c3)cc2)cc1C1=C(c2c(C)sc3ccccc23)C(F)(F)C(F)(F)C1(F)F. The van der Waals surface area contributed by atoms with E-state index in [9.17, 15) is 0 Å². The van der Waals surface area contributed by atoms with E-state index in [1.165, 1.54) is 26.0 Å². The van der Waals surface area contributed by atoms with Crippen LogP contribution in [0.2, 0.25) is 0 Å². The summed E-state index contributed by atoms with van der Waals surface area (Å²) in [6.07, 6.45) is 3.37. The lowest BCUT2D eigenvalue weighted by Crippen LogP contribution is -2.48. The molecule has 0 spiro atoms. The van der Waals surface area contributed by atoms with E-state index in [4.69, 9.17) is 4.98 Å². The van der Waals surface area contributed by atoms with Crippen molar-refractivity contribution >= 4 is 43.9 Å². The van der Waals surface area contributed by atoms with E-state index < -0.39 is 28.9 Å². The van der Waals surface area contributed by atoms with Gasteiger partial charge in [-0.05, 0) is 84.6 Å². The molecule has 1 aliphatic rings. The van der Waals surface area contributed by atoms with Gasteiger partial charge in [0.15, 0.2) is 0 Å². The number of benzene rings is 2. The zero-order valence-corrected chi connectivity index (χ0v) is 28.5. The Kier molecular flexibility index (Phi) is 7.77. The van der Waals surface area contributed by atoms with Crippen molar-refractivity contribution < 1.29 is 26.3 Å². The first-order chi connectivity index (χ1) is 24.4. The summed E-state index contributed by atoms with van der Waals surface area (Å²) in [6.45, 7) is 2.98. The van der Waals surface area contributed by atoms with Gasteiger partial charge in [0.25, 0.3) is 0 Å². The first-order valence-corrected chi connectivity index (χ1v) is 17.5. The van der Waals surface area contributed by atoms with Crippen LogP contribution in [0.15, 0.2) is 116 Å². The predicted molar refractivity (Wildman–Crippen MR) is 192 cm³/mol. The maximum atomic E-state index is 15.8. The number of hydrogen-bond acceptors (Lipinski definition) is 5. The van der Waals surface area contributed by atoms with Crippen molar-refractivity contribution in [3.63, 3.8) is 0 Å². The third-order valence-electron chi connectivity index (χ3n) is 9.06. The molecule has 51 heavy (non-hydrogen) atoms. The molecule has 0 saturated heterocycles. The Labute approximate surface area is 296 Å². The fourth-order valence-electron chi connectivity index (χ4n) is 6.58. The molecule has 7 aromatic rings. The van der Waals surface area contributed by atoms with Crippen LogP contribution in [0.1, 0.15) is 20.9 Å². The van der Waals surface area contributed by atoms with E-state index in [1.807, 2.05) is 60.7 Å². The molecule has 8 rings (SSSR count). The summed E-state index contributed by atoms with van der Waals surface area (Å²) in [4.78, 5) is 14.7. The number of hydrogen-bond donors (Lipinski definition) is 0. The number of nitrogens with zero attached hydrogens (tertiary/aromatic N) is 3. The third-order valence-corrected chi connectivity index (χ3v) is 11.2. The Morgan fingerprint density at radius 3 is 1.71 bits per heavy atom. The summed E-state index contributed by atoms with van der Waals surface area (Å²) in [7, 11) is 0. The first kappa shape index (κ1) is 33.0. The minimum absolute atomic E-state index is 0.223. The minimum Gasteiger partial charge on any atom is -0.255 e. The van der Waals surface area contributed by atoms with E-state index in [0.29, 0.717) is 37.9 Å². The maximum Gasteiger partial charge on any atom is 0.380 e. The molecule has 0 atom stereocenters. The van der Waals surface area contributed by atoms with Gasteiger partial charge in [0.2, 0.25) is 0 Å². The molecule has 2 aromatic carbocycles. The molecule has 0 unspecified atom stereocenters. The molecule has 3 nitrogen and oxygen atoms in total. The third kappa shape index (κ3) is 5.20. The second-order valence-electron chi connectivity index (χ2n) is 12.2. The van der Waals surface area contributed by atoms with Gasteiger partial charge in [-0.1, -0.05) is 54.6 Å². The topological polar surface area (TPSA) is 38.7 Å². The van der Waals surface area contributed by atoms with Crippen LogP contribution in [0, 0.1) is 13.8 Å². The van der Waals surface area contributed by atoms with Gasteiger partial charge in [-0.2, -0.15) is 26.3 Å². The molecule has 0 aliphatic heterocycles. The molecule has 0 radical (unpaired) electrons. The number of allylic oxidation sites excluding steroid dienone is 2. The fraction of sp³-hybridized carbons (Fsp3) is 0.125. The van der Waals surface area contributed by atoms with E-state index >= 15 is 26.3 Å². The van der Waals surface area contributed by atoms with Gasteiger partial charge in [0.1, 0.15) is 0 Å². The Bertz CT molecular complexity index is 2410. The van der Waals surface area contributed by atoms with E-state index in [1.54, 1.807) is 42.7 Å². The molecule has 0 saturated carbocycles. The van der Waals surface area contributed by atoms with Crippen LogP contribution in [0.3, 0.4) is 0 Å². The van der Waals surface area contributed by atoms with Gasteiger partial charge in [0, 0.05) is 53.8 Å². The van der Waals surface area contributed by atoms with Crippen LogP contribution >= 0.6 is 22.7 Å². The molecule has 5 aromatic heterocycles. The minimum atomic E-state index is -5.64. The number of fused-ring (bicyclic) bond motifs is 1. The molecule has 254 valence electrons. The zero-order valence-electron chi connectivity index (χ0n) is 26.9. The summed E-state index contributed by atoms with van der Waals surface area (Å²) >= 11 is 2.19. The quantitative estimate of drug-likeness (QED) is 0.160. The standard InChI is InChI=1S/C40H25F6N3S2/c1-22-28(36-37(39(43,44)40(45,46)38(36,41)42)35-23(2)51-33-12-4-3-9-27(33)35)21-34(50-22)25-15-13-24(14-16-25)26-19-31(29-10-5-7-17-47-29)49-32(20-26)30-11-6-8-18-48-30/h3-21H,1-2H3.